The first kappa shape index (κ1) is 36.6. The lowest BCUT2D eigenvalue weighted by atomic mass is 9.93. The Morgan fingerprint density at radius 1 is 1.02 bits per heavy atom. The van der Waals surface area contributed by atoms with Gasteiger partial charge in [-0.05, 0) is 94.3 Å². The molecule has 10 nitrogen and oxygen atoms in total. The van der Waals surface area contributed by atoms with Crippen LogP contribution in [0.5, 0.6) is 0 Å². The van der Waals surface area contributed by atoms with Crippen molar-refractivity contribution in [3.63, 3.8) is 0 Å². The third-order valence-corrected chi connectivity index (χ3v) is 8.31. The van der Waals surface area contributed by atoms with Gasteiger partial charge in [-0.15, -0.1) is 0 Å². The fourth-order valence-electron chi connectivity index (χ4n) is 5.64. The highest BCUT2D eigenvalue weighted by molar-refractivity contribution is 6.02. The summed E-state index contributed by atoms with van der Waals surface area (Å²) in [5.41, 5.74) is 3.63. The SMILES string of the molecule is CC(=O)N(Cc1ccc(-c2ccc(C)cc2)o1)C(Cc1ccc(C2=NOC(c3ccc(NC(=O)OC(C)(C)C)cc3)=CCC2C)c(F)c1)C(=O)O. The molecule has 4 aromatic rings. The second-order valence-corrected chi connectivity index (χ2v) is 13.6. The lowest BCUT2D eigenvalue weighted by Crippen LogP contribution is -2.45. The van der Waals surface area contributed by atoms with Gasteiger partial charge in [-0.2, -0.15) is 0 Å². The van der Waals surface area contributed by atoms with Crippen LogP contribution in [-0.4, -0.2) is 45.3 Å². The van der Waals surface area contributed by atoms with E-state index in [-0.39, 0.29) is 24.4 Å². The predicted molar refractivity (Wildman–Crippen MR) is 192 cm³/mol. The maximum absolute atomic E-state index is 15.7. The highest BCUT2D eigenvalue weighted by atomic mass is 19.1. The molecule has 0 radical (unpaired) electrons. The zero-order valence-electron chi connectivity index (χ0n) is 29.5. The summed E-state index contributed by atoms with van der Waals surface area (Å²) in [5.74, 6) is -0.954. The van der Waals surface area contributed by atoms with Crippen molar-refractivity contribution < 1.29 is 37.9 Å². The van der Waals surface area contributed by atoms with E-state index in [0.29, 0.717) is 46.2 Å². The number of hydrogen-bond acceptors (Lipinski definition) is 7. The molecule has 0 spiro atoms. The Balaban J connectivity index is 1.28. The number of amides is 2. The van der Waals surface area contributed by atoms with Gasteiger partial charge in [0.25, 0.3) is 0 Å². The number of rotatable bonds is 10. The third-order valence-electron chi connectivity index (χ3n) is 8.31. The number of allylic oxidation sites excluding steroid dienone is 1. The van der Waals surface area contributed by atoms with E-state index in [1.54, 1.807) is 69.3 Å². The lowest BCUT2D eigenvalue weighted by molar-refractivity contribution is -0.150. The largest absolute Gasteiger partial charge is 0.480 e. The number of aryl methyl sites for hydroxylation is 1. The molecule has 0 bridgehead atoms. The van der Waals surface area contributed by atoms with Gasteiger partial charge >= 0.3 is 12.1 Å². The Hall–Kier alpha value is -5.71. The molecule has 266 valence electrons. The van der Waals surface area contributed by atoms with E-state index in [4.69, 9.17) is 14.0 Å². The number of carbonyl (C=O) groups excluding carboxylic acids is 2. The maximum Gasteiger partial charge on any atom is 0.412 e. The van der Waals surface area contributed by atoms with Gasteiger partial charge < -0.3 is 24.0 Å². The van der Waals surface area contributed by atoms with E-state index in [1.165, 1.54) is 17.9 Å². The van der Waals surface area contributed by atoms with Crippen LogP contribution in [0.1, 0.15) is 69.1 Å². The molecule has 3 aromatic carbocycles. The van der Waals surface area contributed by atoms with Crippen LogP contribution in [0.3, 0.4) is 0 Å². The number of carbonyl (C=O) groups is 3. The first-order chi connectivity index (χ1) is 24.2. The summed E-state index contributed by atoms with van der Waals surface area (Å²) in [6.45, 7) is 10.5. The Morgan fingerprint density at radius 3 is 2.33 bits per heavy atom. The Labute approximate surface area is 296 Å². The van der Waals surface area contributed by atoms with Gasteiger partial charge in [-0.1, -0.05) is 48.0 Å². The number of carboxylic acids is 1. The molecule has 2 heterocycles. The number of nitrogens with zero attached hydrogens (tertiary/aromatic N) is 2. The van der Waals surface area contributed by atoms with Crippen molar-refractivity contribution in [2.45, 2.75) is 72.6 Å². The summed E-state index contributed by atoms with van der Waals surface area (Å²) >= 11 is 0. The normalized spacial score (nSPS) is 15.1. The molecule has 1 aliphatic heterocycles. The van der Waals surface area contributed by atoms with Crippen molar-refractivity contribution in [1.82, 2.24) is 4.90 Å². The summed E-state index contributed by atoms with van der Waals surface area (Å²) in [4.78, 5) is 44.3. The second kappa shape index (κ2) is 15.5. The van der Waals surface area contributed by atoms with Crippen molar-refractivity contribution in [3.8, 4) is 11.3 Å². The van der Waals surface area contributed by atoms with Crippen LogP contribution in [0.15, 0.2) is 94.5 Å². The molecule has 2 atom stereocenters. The first-order valence-electron chi connectivity index (χ1n) is 16.7. The van der Waals surface area contributed by atoms with E-state index in [9.17, 15) is 19.5 Å². The van der Waals surface area contributed by atoms with Gasteiger partial charge in [0.05, 0.1) is 12.3 Å². The van der Waals surface area contributed by atoms with Crippen molar-refractivity contribution >= 4 is 35.1 Å². The number of aliphatic carboxylic acids is 1. The van der Waals surface area contributed by atoms with Crippen LogP contribution in [-0.2, 0) is 32.1 Å². The fraction of sp³-hybridized carbons (Fsp3) is 0.300. The van der Waals surface area contributed by atoms with Gasteiger partial charge in [0.2, 0.25) is 5.91 Å². The lowest BCUT2D eigenvalue weighted by Gasteiger charge is -2.27. The van der Waals surface area contributed by atoms with Gasteiger partial charge in [0, 0.05) is 41.6 Å². The molecular formula is C40H42FN3O7. The molecular weight excluding hydrogens is 653 g/mol. The van der Waals surface area contributed by atoms with Gasteiger partial charge in [0.15, 0.2) is 5.76 Å². The average Bonchev–Trinajstić information content (AvgIpc) is 3.44. The second-order valence-electron chi connectivity index (χ2n) is 13.6. The van der Waals surface area contributed by atoms with Crippen LogP contribution in [0.2, 0.25) is 0 Å². The van der Waals surface area contributed by atoms with Crippen LogP contribution < -0.4 is 5.32 Å². The van der Waals surface area contributed by atoms with Crippen molar-refractivity contribution in [3.05, 3.63) is 119 Å². The predicted octanol–water partition coefficient (Wildman–Crippen LogP) is 8.59. The molecule has 0 saturated heterocycles. The van der Waals surface area contributed by atoms with Crippen LogP contribution in [0.25, 0.3) is 17.1 Å². The average molecular weight is 696 g/mol. The summed E-state index contributed by atoms with van der Waals surface area (Å²) in [6.07, 6.45) is 1.70. The minimum atomic E-state index is -1.27. The van der Waals surface area contributed by atoms with Gasteiger partial charge in [-0.25, -0.2) is 14.0 Å². The standard InChI is InChI=1S/C40H42FN3O7/c1-24-7-11-28(12-8-24)35-20-17-31(49-35)23-44(26(3)45)34(38(46)47)22-27-10-18-32(33(41)21-27)37-25(2)9-19-36(51-43-37)29-13-15-30(16-14-29)42-39(48)50-40(4,5)6/h7-8,10-21,25,34H,9,22-23H2,1-6H3,(H,42,48)(H,46,47). The topological polar surface area (TPSA) is 131 Å². The molecule has 1 aromatic heterocycles. The molecule has 0 aliphatic carbocycles. The van der Waals surface area contributed by atoms with E-state index in [0.717, 1.165) is 11.1 Å². The summed E-state index contributed by atoms with van der Waals surface area (Å²) in [5, 5.41) is 17.2. The Kier molecular flexibility index (Phi) is 11.1. The minimum Gasteiger partial charge on any atom is -0.480 e. The zero-order valence-corrected chi connectivity index (χ0v) is 29.5. The number of nitrogens with one attached hydrogen (secondary N) is 1. The van der Waals surface area contributed by atoms with E-state index < -0.39 is 35.4 Å². The van der Waals surface area contributed by atoms with E-state index in [2.05, 4.69) is 10.5 Å². The Morgan fingerprint density at radius 2 is 1.71 bits per heavy atom. The Bertz CT molecular complexity index is 1960. The monoisotopic (exact) mass is 695 g/mol. The van der Waals surface area contributed by atoms with Crippen molar-refractivity contribution in [2.75, 3.05) is 5.32 Å². The third kappa shape index (κ3) is 9.50. The molecule has 51 heavy (non-hydrogen) atoms. The van der Waals surface area contributed by atoms with Crippen LogP contribution >= 0.6 is 0 Å². The molecule has 2 N–H and O–H groups in total. The van der Waals surface area contributed by atoms with Crippen molar-refractivity contribution in [2.24, 2.45) is 11.1 Å². The minimum absolute atomic E-state index is 0.0668. The quantitative estimate of drug-likeness (QED) is 0.170. The molecule has 2 amide bonds. The van der Waals surface area contributed by atoms with E-state index >= 15 is 4.39 Å². The fourth-order valence-corrected chi connectivity index (χ4v) is 5.64. The molecule has 1 aliphatic rings. The molecule has 11 heteroatoms. The first-order valence-corrected chi connectivity index (χ1v) is 16.7. The number of furan rings is 1. The highest BCUT2D eigenvalue weighted by Gasteiger charge is 2.30. The summed E-state index contributed by atoms with van der Waals surface area (Å²) in [7, 11) is 0. The van der Waals surface area contributed by atoms with Crippen LogP contribution in [0, 0.1) is 18.7 Å². The smallest absolute Gasteiger partial charge is 0.412 e. The number of ether oxygens (including phenoxy) is 1. The van der Waals surface area contributed by atoms with Gasteiger partial charge in [0.1, 0.15) is 29.0 Å². The summed E-state index contributed by atoms with van der Waals surface area (Å²) in [6, 6.07) is 21.5. The maximum atomic E-state index is 15.7. The molecule has 2 unspecified atom stereocenters. The van der Waals surface area contributed by atoms with Crippen molar-refractivity contribution in [1.29, 1.82) is 0 Å². The zero-order chi connectivity index (χ0) is 36.9. The number of oxime groups is 1. The number of carboxylic acid groups (broad SMARTS) is 1. The summed E-state index contributed by atoms with van der Waals surface area (Å²) < 4.78 is 27.0. The number of anilines is 1. The molecule has 0 fully saturated rings. The molecule has 5 rings (SSSR count). The number of hydrogen-bond donors (Lipinski definition) is 2. The number of benzene rings is 3. The molecule has 0 saturated carbocycles. The van der Waals surface area contributed by atoms with Crippen LogP contribution in [0.4, 0.5) is 14.9 Å². The highest BCUT2D eigenvalue weighted by Crippen LogP contribution is 2.29. The van der Waals surface area contributed by atoms with E-state index in [1.807, 2.05) is 44.2 Å². The number of halogens is 1. The van der Waals surface area contributed by atoms with Gasteiger partial charge in [-0.3, -0.25) is 10.1 Å².